The largest absolute Gasteiger partial charge is 0.507 e. The van der Waals surface area contributed by atoms with E-state index in [2.05, 4.69) is 107 Å². The number of aromatic hydroxyl groups is 1. The van der Waals surface area contributed by atoms with E-state index in [0.29, 0.717) is 5.75 Å². The summed E-state index contributed by atoms with van der Waals surface area (Å²) in [4.78, 5) is 0. The predicted molar refractivity (Wildman–Crippen MR) is 141 cm³/mol. The molecule has 32 heavy (non-hydrogen) atoms. The first-order valence-electron chi connectivity index (χ1n) is 11.1. The molecule has 0 heterocycles. The fraction of sp³-hybridized carbons (Fsp3) is 0.200. The molecule has 0 saturated carbocycles. The third-order valence-corrected chi connectivity index (χ3v) is 9.45. The molecular weight excluding hydrogens is 407 g/mol. The molecule has 4 rings (SSSR count). The maximum atomic E-state index is 11.3. The molecule has 0 spiro atoms. The fourth-order valence-corrected chi connectivity index (χ4v) is 7.08. The van der Waals surface area contributed by atoms with Crippen LogP contribution in [0.3, 0.4) is 0 Å². The summed E-state index contributed by atoms with van der Waals surface area (Å²) in [6.07, 6.45) is 0. The summed E-state index contributed by atoms with van der Waals surface area (Å²) < 4.78 is 0. The summed E-state index contributed by atoms with van der Waals surface area (Å²) in [6, 6.07) is 26.1. The highest BCUT2D eigenvalue weighted by Crippen LogP contribution is 2.43. The summed E-state index contributed by atoms with van der Waals surface area (Å²) >= 11 is 0. The monoisotopic (exact) mass is 438 g/mol. The van der Waals surface area contributed by atoms with Gasteiger partial charge in [0.1, 0.15) is 5.75 Å². The highest BCUT2D eigenvalue weighted by Gasteiger charge is 2.25. The van der Waals surface area contributed by atoms with Crippen LogP contribution in [0.25, 0.3) is 11.1 Å². The van der Waals surface area contributed by atoms with E-state index in [0.717, 1.165) is 22.3 Å². The summed E-state index contributed by atoms with van der Waals surface area (Å²) in [5.41, 5.74) is 9.30. The number of aryl methyl sites for hydroxylation is 2. The Morgan fingerprint density at radius 2 is 0.969 bits per heavy atom. The second-order valence-electron chi connectivity index (χ2n) is 8.69. The lowest BCUT2D eigenvalue weighted by molar-refractivity contribution is 0.472. The topological polar surface area (TPSA) is 20.2 Å². The average Bonchev–Trinajstić information content (AvgIpc) is 2.81. The number of hydrogen-bond donors (Lipinski definition) is 1. The molecule has 0 radical (unpaired) electrons. The Hall–Kier alpha value is -2.89. The molecular formula is C30H31OP. The molecule has 2 heteroatoms. The quantitative estimate of drug-likeness (QED) is 0.353. The Kier molecular flexibility index (Phi) is 6.22. The third kappa shape index (κ3) is 3.87. The van der Waals surface area contributed by atoms with Crippen LogP contribution in [-0.2, 0) is 0 Å². The van der Waals surface area contributed by atoms with Crippen LogP contribution in [0.1, 0.15) is 33.4 Å². The van der Waals surface area contributed by atoms with Crippen LogP contribution < -0.4 is 15.9 Å². The molecule has 1 N–H and O–H groups in total. The van der Waals surface area contributed by atoms with Gasteiger partial charge in [-0.25, -0.2) is 0 Å². The first-order valence-corrected chi connectivity index (χ1v) is 12.5. The molecule has 0 saturated heterocycles. The van der Waals surface area contributed by atoms with Gasteiger partial charge in [-0.2, -0.15) is 0 Å². The lowest BCUT2D eigenvalue weighted by atomic mass is 9.91. The maximum absolute atomic E-state index is 11.3. The standard InChI is InChI=1S/C30H31OP/c1-19-17-27(29(31)23(5)21(19)3)28-18-20(2)22(4)24(6)30(28)32(25-13-9-7-10-14-25)26-15-11-8-12-16-26/h7-18,31H,1-6H3. The molecule has 0 bridgehead atoms. The van der Waals surface area contributed by atoms with E-state index in [9.17, 15) is 5.11 Å². The van der Waals surface area contributed by atoms with E-state index < -0.39 is 7.92 Å². The molecule has 0 atom stereocenters. The van der Waals surface area contributed by atoms with E-state index in [1.165, 1.54) is 38.2 Å². The van der Waals surface area contributed by atoms with E-state index >= 15 is 0 Å². The van der Waals surface area contributed by atoms with Gasteiger partial charge >= 0.3 is 0 Å². The number of hydrogen-bond acceptors (Lipinski definition) is 1. The molecule has 0 unspecified atom stereocenters. The molecule has 162 valence electrons. The zero-order valence-corrected chi connectivity index (χ0v) is 20.7. The van der Waals surface area contributed by atoms with Crippen molar-refractivity contribution in [2.24, 2.45) is 0 Å². The zero-order chi connectivity index (χ0) is 23.0. The van der Waals surface area contributed by atoms with Crippen LogP contribution in [-0.4, -0.2) is 5.11 Å². The van der Waals surface area contributed by atoms with Gasteiger partial charge in [0.15, 0.2) is 0 Å². The van der Waals surface area contributed by atoms with Gasteiger partial charge < -0.3 is 5.11 Å². The van der Waals surface area contributed by atoms with E-state index in [4.69, 9.17) is 0 Å². The van der Waals surface area contributed by atoms with Crippen molar-refractivity contribution >= 4 is 23.8 Å². The first-order chi connectivity index (χ1) is 15.3. The van der Waals surface area contributed by atoms with Crippen LogP contribution in [0.5, 0.6) is 5.75 Å². The summed E-state index contributed by atoms with van der Waals surface area (Å²) in [5, 5.41) is 15.2. The molecule has 0 aliphatic heterocycles. The summed E-state index contributed by atoms with van der Waals surface area (Å²) in [7, 11) is -0.790. The molecule has 0 amide bonds. The van der Waals surface area contributed by atoms with Gasteiger partial charge in [0.2, 0.25) is 0 Å². The Balaban J connectivity index is 2.12. The molecule has 4 aromatic carbocycles. The minimum atomic E-state index is -0.790. The minimum Gasteiger partial charge on any atom is -0.507 e. The fourth-order valence-electron chi connectivity index (χ4n) is 4.40. The van der Waals surface area contributed by atoms with Gasteiger partial charge in [-0.05, 0) is 110 Å². The van der Waals surface area contributed by atoms with Crippen LogP contribution >= 0.6 is 7.92 Å². The van der Waals surface area contributed by atoms with Crippen molar-refractivity contribution < 1.29 is 5.11 Å². The number of rotatable bonds is 4. The van der Waals surface area contributed by atoms with Gasteiger partial charge in [0.25, 0.3) is 0 Å². The van der Waals surface area contributed by atoms with Crippen molar-refractivity contribution in [1.82, 2.24) is 0 Å². The molecule has 0 fully saturated rings. The highest BCUT2D eigenvalue weighted by molar-refractivity contribution is 7.80. The Morgan fingerprint density at radius 3 is 1.47 bits per heavy atom. The SMILES string of the molecule is Cc1cc(-c2cc(C)c(C)c(C)c2P(c2ccccc2)c2ccccc2)c(O)c(C)c1C. The molecule has 4 aromatic rings. The molecule has 0 aromatic heterocycles. The molecule has 0 aliphatic carbocycles. The molecule has 0 aliphatic rings. The van der Waals surface area contributed by atoms with Gasteiger partial charge in [-0.15, -0.1) is 0 Å². The minimum absolute atomic E-state index is 0.396. The number of phenols is 1. The van der Waals surface area contributed by atoms with Gasteiger partial charge in [-0.3, -0.25) is 0 Å². The van der Waals surface area contributed by atoms with Crippen molar-refractivity contribution in [3.05, 3.63) is 106 Å². The normalized spacial score (nSPS) is 11.2. The second kappa shape index (κ2) is 8.93. The van der Waals surface area contributed by atoms with Crippen molar-refractivity contribution in [3.63, 3.8) is 0 Å². The number of benzene rings is 4. The Labute approximate surface area is 193 Å². The highest BCUT2D eigenvalue weighted by atomic mass is 31.1. The Bertz CT molecular complexity index is 1230. The molecule has 1 nitrogen and oxygen atoms in total. The van der Waals surface area contributed by atoms with E-state index in [1.807, 2.05) is 6.92 Å². The van der Waals surface area contributed by atoms with Gasteiger partial charge in [0, 0.05) is 5.56 Å². The van der Waals surface area contributed by atoms with Crippen molar-refractivity contribution in [1.29, 1.82) is 0 Å². The Morgan fingerprint density at radius 1 is 0.531 bits per heavy atom. The smallest absolute Gasteiger partial charge is 0.126 e. The maximum Gasteiger partial charge on any atom is 0.126 e. The van der Waals surface area contributed by atoms with Gasteiger partial charge in [-0.1, -0.05) is 66.7 Å². The zero-order valence-electron chi connectivity index (χ0n) is 19.8. The van der Waals surface area contributed by atoms with Crippen LogP contribution in [0, 0.1) is 41.5 Å². The average molecular weight is 439 g/mol. The van der Waals surface area contributed by atoms with Crippen LogP contribution in [0.2, 0.25) is 0 Å². The van der Waals surface area contributed by atoms with Crippen molar-refractivity contribution in [2.75, 3.05) is 0 Å². The van der Waals surface area contributed by atoms with E-state index in [1.54, 1.807) is 0 Å². The van der Waals surface area contributed by atoms with Crippen LogP contribution in [0.15, 0.2) is 72.8 Å². The second-order valence-corrected chi connectivity index (χ2v) is 10.8. The van der Waals surface area contributed by atoms with Crippen LogP contribution in [0.4, 0.5) is 0 Å². The third-order valence-electron chi connectivity index (χ3n) is 6.79. The van der Waals surface area contributed by atoms with E-state index in [-0.39, 0.29) is 0 Å². The lowest BCUT2D eigenvalue weighted by Gasteiger charge is -2.27. The van der Waals surface area contributed by atoms with Crippen molar-refractivity contribution in [2.45, 2.75) is 41.5 Å². The lowest BCUT2D eigenvalue weighted by Crippen LogP contribution is -2.25. The van der Waals surface area contributed by atoms with Gasteiger partial charge in [0.05, 0.1) is 0 Å². The first kappa shape index (κ1) is 22.3. The number of phenolic OH excluding ortho intramolecular Hbond substituents is 1. The summed E-state index contributed by atoms with van der Waals surface area (Å²) in [6.45, 7) is 12.9. The van der Waals surface area contributed by atoms with Crippen molar-refractivity contribution in [3.8, 4) is 16.9 Å². The predicted octanol–water partition coefficient (Wildman–Crippen LogP) is 6.67. The summed E-state index contributed by atoms with van der Waals surface area (Å²) in [5.74, 6) is 0.396.